The highest BCUT2D eigenvalue weighted by atomic mass is 19.1. The molecule has 18 heavy (non-hydrogen) atoms. The van der Waals surface area contributed by atoms with Crippen LogP contribution in [0.5, 0.6) is 0 Å². The Hall–Kier alpha value is -0.930. The molecule has 3 atom stereocenters. The molecule has 0 radical (unpaired) electrons. The van der Waals surface area contributed by atoms with E-state index in [1.165, 1.54) is 25.0 Å². The van der Waals surface area contributed by atoms with Gasteiger partial charge in [-0.25, -0.2) is 4.39 Å². The van der Waals surface area contributed by atoms with E-state index in [2.05, 4.69) is 12.2 Å². The highest BCUT2D eigenvalue weighted by molar-refractivity contribution is 5.19. The van der Waals surface area contributed by atoms with Gasteiger partial charge < -0.3 is 10.4 Å². The van der Waals surface area contributed by atoms with Crippen LogP contribution in [-0.2, 0) is 0 Å². The predicted molar refractivity (Wildman–Crippen MR) is 70.8 cm³/mol. The fourth-order valence-electron chi connectivity index (χ4n) is 2.65. The van der Waals surface area contributed by atoms with Gasteiger partial charge in [0.25, 0.3) is 0 Å². The Balaban J connectivity index is 1.97. The van der Waals surface area contributed by atoms with E-state index in [0.29, 0.717) is 0 Å². The summed E-state index contributed by atoms with van der Waals surface area (Å²) in [4.78, 5) is 0. The second-order valence-electron chi connectivity index (χ2n) is 5.25. The van der Waals surface area contributed by atoms with Crippen LogP contribution in [0.2, 0.25) is 0 Å². The first-order valence-electron chi connectivity index (χ1n) is 6.86. The average Bonchev–Trinajstić information content (AvgIpc) is 2.56. The third-order valence-corrected chi connectivity index (χ3v) is 3.81. The zero-order chi connectivity index (χ0) is 13.0. The van der Waals surface area contributed by atoms with E-state index in [0.717, 1.165) is 24.8 Å². The maximum absolute atomic E-state index is 12.9. The van der Waals surface area contributed by atoms with Gasteiger partial charge in [-0.2, -0.15) is 0 Å². The zero-order valence-electron chi connectivity index (χ0n) is 10.9. The standard InChI is InChI=1S/C15H22FNO/c1-11(12-7-9-13(16)10-8-12)17-14-5-3-2-4-6-15(14)18/h7-11,14-15,17-18H,2-6H2,1H3. The molecule has 1 fully saturated rings. The Bertz CT molecular complexity index is 365. The molecule has 0 amide bonds. The lowest BCUT2D eigenvalue weighted by atomic mass is 10.0. The fourth-order valence-corrected chi connectivity index (χ4v) is 2.65. The topological polar surface area (TPSA) is 32.3 Å². The number of rotatable bonds is 3. The lowest BCUT2D eigenvalue weighted by molar-refractivity contribution is 0.115. The van der Waals surface area contributed by atoms with Crippen LogP contribution in [0.3, 0.4) is 0 Å². The molecule has 2 rings (SSSR count). The molecular weight excluding hydrogens is 229 g/mol. The second kappa shape index (κ2) is 6.30. The van der Waals surface area contributed by atoms with E-state index in [1.54, 1.807) is 12.1 Å². The van der Waals surface area contributed by atoms with E-state index < -0.39 is 0 Å². The third-order valence-electron chi connectivity index (χ3n) is 3.81. The summed E-state index contributed by atoms with van der Waals surface area (Å²) in [6.45, 7) is 2.06. The first kappa shape index (κ1) is 13.5. The Morgan fingerprint density at radius 3 is 2.56 bits per heavy atom. The van der Waals surface area contributed by atoms with Crippen molar-refractivity contribution >= 4 is 0 Å². The molecular formula is C15H22FNO. The van der Waals surface area contributed by atoms with Gasteiger partial charge in [-0.15, -0.1) is 0 Å². The minimum atomic E-state index is -0.254. The molecule has 2 nitrogen and oxygen atoms in total. The number of benzene rings is 1. The summed E-state index contributed by atoms with van der Waals surface area (Å²) in [5.74, 6) is -0.208. The number of hydrogen-bond acceptors (Lipinski definition) is 2. The van der Waals surface area contributed by atoms with Crippen LogP contribution >= 0.6 is 0 Å². The van der Waals surface area contributed by atoms with E-state index in [1.807, 2.05) is 0 Å². The van der Waals surface area contributed by atoms with Crippen molar-refractivity contribution in [2.75, 3.05) is 0 Å². The van der Waals surface area contributed by atoms with Gasteiger partial charge in [0.1, 0.15) is 5.82 Å². The van der Waals surface area contributed by atoms with Gasteiger partial charge in [0, 0.05) is 12.1 Å². The molecule has 1 aromatic carbocycles. The van der Waals surface area contributed by atoms with Crippen molar-refractivity contribution in [3.05, 3.63) is 35.6 Å². The summed E-state index contributed by atoms with van der Waals surface area (Å²) in [6.07, 6.45) is 5.14. The van der Waals surface area contributed by atoms with Crippen molar-refractivity contribution in [2.45, 2.75) is 57.2 Å². The van der Waals surface area contributed by atoms with E-state index in [4.69, 9.17) is 0 Å². The largest absolute Gasteiger partial charge is 0.392 e. The Kier molecular flexibility index (Phi) is 4.72. The van der Waals surface area contributed by atoms with Crippen LogP contribution in [-0.4, -0.2) is 17.3 Å². The molecule has 0 aromatic heterocycles. The van der Waals surface area contributed by atoms with Gasteiger partial charge >= 0.3 is 0 Å². The van der Waals surface area contributed by atoms with Crippen LogP contribution in [0.4, 0.5) is 4.39 Å². The highest BCUT2D eigenvalue weighted by Crippen LogP contribution is 2.21. The molecule has 0 spiro atoms. The first-order valence-corrected chi connectivity index (χ1v) is 6.86. The molecule has 1 aromatic rings. The van der Waals surface area contributed by atoms with Crippen LogP contribution in [0, 0.1) is 5.82 Å². The Morgan fingerprint density at radius 1 is 1.17 bits per heavy atom. The fraction of sp³-hybridized carbons (Fsp3) is 0.600. The molecule has 1 saturated carbocycles. The quantitative estimate of drug-likeness (QED) is 0.809. The van der Waals surface area contributed by atoms with Crippen molar-refractivity contribution in [3.8, 4) is 0 Å². The molecule has 1 aliphatic carbocycles. The van der Waals surface area contributed by atoms with E-state index in [-0.39, 0.29) is 24.0 Å². The summed E-state index contributed by atoms with van der Waals surface area (Å²) in [6, 6.07) is 6.87. The summed E-state index contributed by atoms with van der Waals surface area (Å²) >= 11 is 0. The average molecular weight is 251 g/mol. The minimum Gasteiger partial charge on any atom is -0.392 e. The molecule has 0 aliphatic heterocycles. The molecule has 0 saturated heterocycles. The Morgan fingerprint density at radius 2 is 1.83 bits per heavy atom. The maximum Gasteiger partial charge on any atom is 0.123 e. The zero-order valence-corrected chi connectivity index (χ0v) is 10.9. The van der Waals surface area contributed by atoms with Crippen molar-refractivity contribution < 1.29 is 9.50 Å². The molecule has 3 unspecified atom stereocenters. The summed E-state index contributed by atoms with van der Waals surface area (Å²) < 4.78 is 12.9. The number of nitrogens with one attached hydrogen (secondary N) is 1. The number of aliphatic hydroxyl groups is 1. The van der Waals surface area contributed by atoms with Gasteiger partial charge in [0.2, 0.25) is 0 Å². The summed E-state index contributed by atoms with van der Waals surface area (Å²) in [5.41, 5.74) is 1.06. The molecule has 1 aliphatic rings. The minimum absolute atomic E-state index is 0.142. The molecule has 3 heteroatoms. The molecule has 0 bridgehead atoms. The summed E-state index contributed by atoms with van der Waals surface area (Å²) in [7, 11) is 0. The lowest BCUT2D eigenvalue weighted by Gasteiger charge is -2.26. The van der Waals surface area contributed by atoms with Crippen molar-refractivity contribution in [3.63, 3.8) is 0 Å². The van der Waals surface area contributed by atoms with Crippen LogP contribution in [0.1, 0.15) is 50.6 Å². The molecule has 2 N–H and O–H groups in total. The van der Waals surface area contributed by atoms with Gasteiger partial charge in [-0.1, -0.05) is 31.4 Å². The number of halogens is 1. The van der Waals surface area contributed by atoms with Crippen molar-refractivity contribution in [1.82, 2.24) is 5.32 Å². The Labute approximate surface area is 108 Å². The van der Waals surface area contributed by atoms with E-state index in [9.17, 15) is 9.50 Å². The van der Waals surface area contributed by atoms with Crippen LogP contribution < -0.4 is 5.32 Å². The van der Waals surface area contributed by atoms with Crippen molar-refractivity contribution in [1.29, 1.82) is 0 Å². The van der Waals surface area contributed by atoms with Gasteiger partial charge in [-0.3, -0.25) is 0 Å². The number of hydrogen-bond donors (Lipinski definition) is 2. The maximum atomic E-state index is 12.9. The van der Waals surface area contributed by atoms with Crippen molar-refractivity contribution in [2.24, 2.45) is 0 Å². The highest BCUT2D eigenvalue weighted by Gasteiger charge is 2.23. The number of aliphatic hydroxyl groups excluding tert-OH is 1. The van der Waals surface area contributed by atoms with Gasteiger partial charge in [-0.05, 0) is 37.5 Å². The smallest absolute Gasteiger partial charge is 0.123 e. The lowest BCUT2D eigenvalue weighted by Crippen LogP contribution is -2.40. The molecule has 100 valence electrons. The summed E-state index contributed by atoms with van der Waals surface area (Å²) in [5, 5.41) is 13.5. The second-order valence-corrected chi connectivity index (χ2v) is 5.25. The molecule has 0 heterocycles. The normalized spacial score (nSPS) is 26.6. The predicted octanol–water partition coefficient (Wildman–Crippen LogP) is 3.17. The first-order chi connectivity index (χ1) is 8.66. The third kappa shape index (κ3) is 3.53. The van der Waals surface area contributed by atoms with Gasteiger partial charge in [0.15, 0.2) is 0 Å². The van der Waals surface area contributed by atoms with Crippen LogP contribution in [0.25, 0.3) is 0 Å². The monoisotopic (exact) mass is 251 g/mol. The van der Waals surface area contributed by atoms with Gasteiger partial charge in [0.05, 0.1) is 6.10 Å². The van der Waals surface area contributed by atoms with E-state index >= 15 is 0 Å². The van der Waals surface area contributed by atoms with Crippen LogP contribution in [0.15, 0.2) is 24.3 Å². The SMILES string of the molecule is CC(NC1CCCCCC1O)c1ccc(F)cc1.